The molecule has 32 heavy (non-hydrogen) atoms. The van der Waals surface area contributed by atoms with Crippen molar-refractivity contribution in [3.05, 3.63) is 59.4 Å². The SMILES string of the molecule is CN1C(=O)COc2ccc(C(=O)N3Cc4[nH]cnc4C(c4cnn(C)c4)C3)cc21.O=CO. The van der Waals surface area contributed by atoms with Gasteiger partial charge in [-0.05, 0) is 18.2 Å². The lowest BCUT2D eigenvalue weighted by Gasteiger charge is -2.32. The molecule has 3 aromatic rings. The summed E-state index contributed by atoms with van der Waals surface area (Å²) < 4.78 is 7.21. The fraction of sp³-hybridized carbons (Fsp3) is 0.286. The van der Waals surface area contributed by atoms with Crippen molar-refractivity contribution in [1.29, 1.82) is 0 Å². The minimum absolute atomic E-state index is 0.0122. The summed E-state index contributed by atoms with van der Waals surface area (Å²) in [5.41, 5.74) is 4.01. The molecule has 2 aliphatic heterocycles. The Balaban J connectivity index is 0.000000775. The van der Waals surface area contributed by atoms with E-state index >= 15 is 0 Å². The fourth-order valence-corrected chi connectivity index (χ4v) is 3.95. The standard InChI is InChI=1S/C20H20N6O3.CH2O2/c1-24-7-13(6-23-24)14-8-26(9-15-19(14)22-11-21-15)20(28)12-3-4-17-16(5-12)25(2)18(27)10-29-17;2-1-3/h3-7,11,14H,8-10H2,1-2H3,(H,21,22);1H,(H,2,3). The molecule has 2 N–H and O–H groups in total. The van der Waals surface area contributed by atoms with E-state index in [1.165, 1.54) is 4.90 Å². The van der Waals surface area contributed by atoms with Crippen LogP contribution in [-0.4, -0.2) is 68.2 Å². The molecule has 0 bridgehead atoms. The van der Waals surface area contributed by atoms with Crippen LogP contribution in [0.5, 0.6) is 5.75 Å². The van der Waals surface area contributed by atoms with Crippen molar-refractivity contribution in [1.82, 2.24) is 24.6 Å². The monoisotopic (exact) mass is 438 g/mol. The third-order valence-corrected chi connectivity index (χ3v) is 5.54. The van der Waals surface area contributed by atoms with Crippen LogP contribution in [0.15, 0.2) is 36.9 Å². The number of carbonyl (C=O) groups is 3. The molecular formula is C21H22N6O5. The number of likely N-dealkylation sites (N-methyl/N-ethyl adjacent to an activating group) is 1. The Morgan fingerprint density at radius 1 is 1.34 bits per heavy atom. The van der Waals surface area contributed by atoms with E-state index in [2.05, 4.69) is 15.1 Å². The van der Waals surface area contributed by atoms with Crippen molar-refractivity contribution in [3.8, 4) is 5.75 Å². The van der Waals surface area contributed by atoms with Gasteiger partial charge in [0.15, 0.2) is 6.61 Å². The lowest BCUT2D eigenvalue weighted by molar-refractivity contribution is -0.123. The van der Waals surface area contributed by atoms with Crippen molar-refractivity contribution in [2.45, 2.75) is 12.5 Å². The summed E-state index contributed by atoms with van der Waals surface area (Å²) in [6.07, 6.45) is 5.43. The van der Waals surface area contributed by atoms with Gasteiger partial charge in [0, 0.05) is 43.9 Å². The number of benzene rings is 1. The largest absolute Gasteiger partial charge is 0.483 e. The zero-order valence-corrected chi connectivity index (χ0v) is 17.6. The van der Waals surface area contributed by atoms with Gasteiger partial charge in [-0.25, -0.2) is 4.98 Å². The Bertz CT molecular complexity index is 1170. The van der Waals surface area contributed by atoms with E-state index < -0.39 is 0 Å². The number of rotatable bonds is 2. The maximum Gasteiger partial charge on any atom is 0.290 e. The predicted octanol–water partition coefficient (Wildman–Crippen LogP) is 0.987. The Hall–Kier alpha value is -4.15. The summed E-state index contributed by atoms with van der Waals surface area (Å²) in [6, 6.07) is 5.21. The maximum absolute atomic E-state index is 13.3. The van der Waals surface area contributed by atoms with E-state index in [0.29, 0.717) is 30.1 Å². The average molecular weight is 438 g/mol. The van der Waals surface area contributed by atoms with Gasteiger partial charge < -0.3 is 24.6 Å². The molecule has 0 radical (unpaired) electrons. The van der Waals surface area contributed by atoms with E-state index in [1.54, 1.807) is 41.2 Å². The van der Waals surface area contributed by atoms with Crippen molar-refractivity contribution in [2.75, 3.05) is 25.1 Å². The van der Waals surface area contributed by atoms with Crippen LogP contribution in [-0.2, 0) is 23.2 Å². The van der Waals surface area contributed by atoms with Crippen LogP contribution < -0.4 is 9.64 Å². The molecule has 5 rings (SSSR count). The number of fused-ring (bicyclic) bond motifs is 2. The number of nitrogens with one attached hydrogen (secondary N) is 1. The molecule has 0 fully saturated rings. The van der Waals surface area contributed by atoms with Crippen LogP contribution in [0.3, 0.4) is 0 Å². The molecule has 2 aromatic heterocycles. The average Bonchev–Trinajstić information content (AvgIpc) is 3.44. The number of hydrogen-bond donors (Lipinski definition) is 2. The number of H-pyrrole nitrogens is 1. The van der Waals surface area contributed by atoms with Gasteiger partial charge >= 0.3 is 0 Å². The lowest BCUT2D eigenvalue weighted by atomic mass is 9.92. The molecule has 0 aliphatic carbocycles. The normalized spacial score (nSPS) is 16.9. The Labute approximate surface area is 183 Å². The molecule has 4 heterocycles. The highest BCUT2D eigenvalue weighted by molar-refractivity contribution is 6.01. The van der Waals surface area contributed by atoms with E-state index in [1.807, 2.05) is 19.4 Å². The van der Waals surface area contributed by atoms with Gasteiger partial charge in [0.25, 0.3) is 18.3 Å². The van der Waals surface area contributed by atoms with Gasteiger partial charge in [-0.1, -0.05) is 0 Å². The number of carbonyl (C=O) groups excluding carboxylic acids is 2. The summed E-state index contributed by atoms with van der Waals surface area (Å²) in [5, 5.41) is 11.2. The zero-order valence-electron chi connectivity index (χ0n) is 17.6. The van der Waals surface area contributed by atoms with E-state index in [-0.39, 0.29) is 30.8 Å². The number of aromatic nitrogens is 4. The second-order valence-electron chi connectivity index (χ2n) is 7.48. The number of aromatic amines is 1. The number of anilines is 1. The number of nitrogens with zero attached hydrogens (tertiary/aromatic N) is 5. The molecule has 2 amide bonds. The minimum atomic E-state index is -0.250. The Morgan fingerprint density at radius 3 is 2.84 bits per heavy atom. The van der Waals surface area contributed by atoms with Crippen LogP contribution >= 0.6 is 0 Å². The van der Waals surface area contributed by atoms with Crippen molar-refractivity contribution in [2.24, 2.45) is 7.05 Å². The Kier molecular flexibility index (Phi) is 5.63. The highest BCUT2D eigenvalue weighted by Crippen LogP contribution is 2.35. The maximum atomic E-state index is 13.3. The van der Waals surface area contributed by atoms with Gasteiger partial charge in [0.1, 0.15) is 5.75 Å². The molecule has 0 spiro atoms. The van der Waals surface area contributed by atoms with Crippen molar-refractivity contribution in [3.63, 3.8) is 0 Å². The van der Waals surface area contributed by atoms with Crippen LogP contribution in [0.1, 0.15) is 33.2 Å². The number of ether oxygens (including phenoxy) is 1. The third-order valence-electron chi connectivity index (χ3n) is 5.54. The van der Waals surface area contributed by atoms with E-state index in [4.69, 9.17) is 14.6 Å². The number of imidazole rings is 1. The Morgan fingerprint density at radius 2 is 2.12 bits per heavy atom. The minimum Gasteiger partial charge on any atom is -0.483 e. The third kappa shape index (κ3) is 3.80. The fourth-order valence-electron chi connectivity index (χ4n) is 3.95. The first kappa shape index (κ1) is 21.1. The molecule has 0 saturated heterocycles. The first-order valence-corrected chi connectivity index (χ1v) is 9.84. The van der Waals surface area contributed by atoms with Crippen molar-refractivity contribution >= 4 is 24.0 Å². The molecule has 2 aliphatic rings. The van der Waals surface area contributed by atoms with E-state index in [0.717, 1.165) is 17.0 Å². The molecule has 1 aromatic carbocycles. The summed E-state index contributed by atoms with van der Waals surface area (Å²) in [7, 11) is 3.56. The second-order valence-corrected chi connectivity index (χ2v) is 7.48. The number of carboxylic acid groups (broad SMARTS) is 1. The van der Waals surface area contributed by atoms with Gasteiger partial charge in [0.05, 0.1) is 36.1 Å². The predicted molar refractivity (Wildman–Crippen MR) is 112 cm³/mol. The number of hydrogen-bond acceptors (Lipinski definition) is 6. The summed E-state index contributed by atoms with van der Waals surface area (Å²) >= 11 is 0. The van der Waals surface area contributed by atoms with Crippen LogP contribution in [0, 0.1) is 0 Å². The molecule has 1 atom stereocenters. The zero-order chi connectivity index (χ0) is 22.8. The highest BCUT2D eigenvalue weighted by Gasteiger charge is 2.33. The topological polar surface area (TPSA) is 134 Å². The summed E-state index contributed by atoms with van der Waals surface area (Å²) in [4.78, 5) is 44.6. The summed E-state index contributed by atoms with van der Waals surface area (Å²) in [5.74, 6) is 0.312. The quantitative estimate of drug-likeness (QED) is 0.570. The van der Waals surface area contributed by atoms with Crippen molar-refractivity contribution < 1.29 is 24.2 Å². The smallest absolute Gasteiger partial charge is 0.290 e. The molecule has 11 nitrogen and oxygen atoms in total. The first-order valence-electron chi connectivity index (χ1n) is 9.84. The van der Waals surface area contributed by atoms with Gasteiger partial charge in [-0.15, -0.1) is 0 Å². The molecule has 166 valence electrons. The van der Waals surface area contributed by atoms with E-state index in [9.17, 15) is 9.59 Å². The summed E-state index contributed by atoms with van der Waals surface area (Å²) in [6.45, 7) is 0.719. The van der Waals surface area contributed by atoms with Crippen LogP contribution in [0.25, 0.3) is 0 Å². The molecule has 1 unspecified atom stereocenters. The van der Waals surface area contributed by atoms with Crippen LogP contribution in [0.4, 0.5) is 5.69 Å². The van der Waals surface area contributed by atoms with Gasteiger partial charge in [-0.3, -0.25) is 19.1 Å². The molecular weight excluding hydrogens is 416 g/mol. The number of aryl methyl sites for hydroxylation is 1. The molecule has 11 heteroatoms. The lowest BCUT2D eigenvalue weighted by Crippen LogP contribution is -2.39. The van der Waals surface area contributed by atoms with Gasteiger partial charge in [-0.2, -0.15) is 5.10 Å². The second kappa shape index (κ2) is 8.53. The van der Waals surface area contributed by atoms with Gasteiger partial charge in [0.2, 0.25) is 0 Å². The number of amides is 2. The highest BCUT2D eigenvalue weighted by atomic mass is 16.5. The molecule has 0 saturated carbocycles. The van der Waals surface area contributed by atoms with Crippen LogP contribution in [0.2, 0.25) is 0 Å². The first-order chi connectivity index (χ1) is 15.4.